The molecule has 6 nitrogen and oxygen atoms in total. The van der Waals surface area contributed by atoms with E-state index in [4.69, 9.17) is 4.74 Å². The second-order valence-corrected chi connectivity index (χ2v) is 7.31. The van der Waals surface area contributed by atoms with E-state index in [1.54, 1.807) is 35.4 Å². The fourth-order valence-electron chi connectivity index (χ4n) is 3.67. The van der Waals surface area contributed by atoms with Crippen molar-refractivity contribution >= 4 is 16.7 Å². The molecule has 1 atom stereocenters. The van der Waals surface area contributed by atoms with Crippen LogP contribution in [-0.4, -0.2) is 40.3 Å². The molecule has 1 aliphatic heterocycles. The number of rotatable bonds is 5. The number of fused-ring (bicyclic) bond motifs is 1. The molecule has 1 aliphatic rings. The smallest absolute Gasteiger partial charge is 0.275 e. The Labute approximate surface area is 167 Å². The summed E-state index contributed by atoms with van der Waals surface area (Å²) in [6.07, 6.45) is 3.41. The number of nitrogens with zero attached hydrogens (tertiary/aromatic N) is 3. The van der Waals surface area contributed by atoms with E-state index < -0.39 is 0 Å². The molecule has 29 heavy (non-hydrogen) atoms. The van der Waals surface area contributed by atoms with Gasteiger partial charge >= 0.3 is 0 Å². The predicted molar refractivity (Wildman–Crippen MR) is 107 cm³/mol. The SMILES string of the molecule is O=C(Cn1ncc2ccccc2c1=O)N1CCC[C@@H](COc2cccc(F)c2)C1. The first kappa shape index (κ1) is 19.1. The van der Waals surface area contributed by atoms with Crippen LogP contribution in [0.5, 0.6) is 5.75 Å². The maximum Gasteiger partial charge on any atom is 0.275 e. The Hall–Kier alpha value is -3.22. The first-order chi connectivity index (χ1) is 14.1. The van der Waals surface area contributed by atoms with Crippen molar-refractivity contribution in [2.45, 2.75) is 19.4 Å². The fraction of sp³-hybridized carbons (Fsp3) is 0.318. The maximum atomic E-state index is 13.3. The Morgan fingerprint density at radius 3 is 2.93 bits per heavy atom. The van der Waals surface area contributed by atoms with Crippen LogP contribution in [0.3, 0.4) is 0 Å². The predicted octanol–water partition coefficient (Wildman–Crippen LogP) is 2.85. The lowest BCUT2D eigenvalue weighted by Crippen LogP contribution is -2.44. The zero-order chi connectivity index (χ0) is 20.2. The normalized spacial score (nSPS) is 16.7. The minimum absolute atomic E-state index is 0.0822. The van der Waals surface area contributed by atoms with Gasteiger partial charge in [0, 0.05) is 30.5 Å². The van der Waals surface area contributed by atoms with Gasteiger partial charge in [0.1, 0.15) is 18.1 Å². The lowest BCUT2D eigenvalue weighted by Gasteiger charge is -2.32. The van der Waals surface area contributed by atoms with Gasteiger partial charge in [0.25, 0.3) is 5.56 Å². The zero-order valence-corrected chi connectivity index (χ0v) is 16.0. The summed E-state index contributed by atoms with van der Waals surface area (Å²) < 4.78 is 20.2. The van der Waals surface area contributed by atoms with Crippen molar-refractivity contribution in [3.8, 4) is 5.75 Å². The molecule has 1 saturated heterocycles. The summed E-state index contributed by atoms with van der Waals surface area (Å²) in [5.41, 5.74) is -0.264. The maximum absolute atomic E-state index is 13.3. The molecule has 2 aromatic carbocycles. The molecule has 1 amide bonds. The van der Waals surface area contributed by atoms with E-state index in [1.807, 2.05) is 12.1 Å². The number of hydrogen-bond donors (Lipinski definition) is 0. The number of benzene rings is 2. The van der Waals surface area contributed by atoms with E-state index in [2.05, 4.69) is 5.10 Å². The highest BCUT2D eigenvalue weighted by molar-refractivity contribution is 5.81. The van der Waals surface area contributed by atoms with Crippen molar-refractivity contribution in [3.05, 3.63) is 70.9 Å². The number of amides is 1. The molecule has 7 heteroatoms. The summed E-state index contributed by atoms with van der Waals surface area (Å²) in [5.74, 6) is 0.180. The molecule has 0 aliphatic carbocycles. The second-order valence-electron chi connectivity index (χ2n) is 7.31. The Morgan fingerprint density at radius 1 is 1.21 bits per heavy atom. The van der Waals surface area contributed by atoms with Crippen molar-refractivity contribution in [2.24, 2.45) is 5.92 Å². The van der Waals surface area contributed by atoms with Gasteiger partial charge in [-0.1, -0.05) is 24.3 Å². The Bertz CT molecular complexity index is 1080. The Morgan fingerprint density at radius 2 is 2.07 bits per heavy atom. The number of piperidine rings is 1. The third kappa shape index (κ3) is 4.45. The molecular formula is C22H22FN3O3. The Balaban J connectivity index is 1.39. The molecular weight excluding hydrogens is 373 g/mol. The molecule has 150 valence electrons. The number of hydrogen-bond acceptors (Lipinski definition) is 4. The van der Waals surface area contributed by atoms with Gasteiger partial charge in [-0.15, -0.1) is 0 Å². The van der Waals surface area contributed by atoms with E-state index >= 15 is 0 Å². The van der Waals surface area contributed by atoms with Crippen LogP contribution in [0.2, 0.25) is 0 Å². The van der Waals surface area contributed by atoms with E-state index in [-0.39, 0.29) is 29.7 Å². The van der Waals surface area contributed by atoms with Crippen LogP contribution in [0.25, 0.3) is 10.8 Å². The average molecular weight is 395 g/mol. The van der Waals surface area contributed by atoms with E-state index in [0.29, 0.717) is 30.8 Å². The van der Waals surface area contributed by atoms with Crippen LogP contribution < -0.4 is 10.3 Å². The summed E-state index contributed by atoms with van der Waals surface area (Å²) >= 11 is 0. The first-order valence-corrected chi connectivity index (χ1v) is 9.71. The summed E-state index contributed by atoms with van der Waals surface area (Å²) in [7, 11) is 0. The number of carbonyl (C=O) groups is 1. The molecule has 0 N–H and O–H groups in total. The molecule has 0 spiro atoms. The lowest BCUT2D eigenvalue weighted by atomic mass is 9.99. The summed E-state index contributed by atoms with van der Waals surface area (Å²) in [6, 6.07) is 13.2. The molecule has 2 heterocycles. The highest BCUT2D eigenvalue weighted by Crippen LogP contribution is 2.20. The van der Waals surface area contributed by atoms with E-state index in [0.717, 1.165) is 18.2 Å². The third-order valence-corrected chi connectivity index (χ3v) is 5.20. The van der Waals surface area contributed by atoms with Crippen LogP contribution in [0, 0.1) is 11.7 Å². The number of halogens is 1. The van der Waals surface area contributed by atoms with Gasteiger partial charge in [-0.2, -0.15) is 5.10 Å². The molecule has 3 aromatic rings. The van der Waals surface area contributed by atoms with Crippen LogP contribution in [0.4, 0.5) is 4.39 Å². The summed E-state index contributed by atoms with van der Waals surface area (Å²) in [4.78, 5) is 27.1. The van der Waals surface area contributed by atoms with Crippen molar-refractivity contribution in [1.29, 1.82) is 0 Å². The standard InChI is InChI=1S/C22H22FN3O3/c23-18-7-3-8-19(11-18)29-15-16-5-4-10-25(13-16)21(27)14-26-22(28)20-9-2-1-6-17(20)12-24-26/h1-3,6-9,11-12,16H,4-5,10,13-15H2/t16-/m1/s1. The zero-order valence-electron chi connectivity index (χ0n) is 16.0. The van der Waals surface area contributed by atoms with Crippen molar-refractivity contribution in [1.82, 2.24) is 14.7 Å². The highest BCUT2D eigenvalue weighted by atomic mass is 19.1. The number of ether oxygens (including phenoxy) is 1. The topological polar surface area (TPSA) is 64.4 Å². The minimum Gasteiger partial charge on any atom is -0.493 e. The number of aromatic nitrogens is 2. The van der Waals surface area contributed by atoms with Gasteiger partial charge in [0.2, 0.25) is 5.91 Å². The lowest BCUT2D eigenvalue weighted by molar-refractivity contribution is -0.134. The van der Waals surface area contributed by atoms with Crippen LogP contribution in [-0.2, 0) is 11.3 Å². The largest absolute Gasteiger partial charge is 0.493 e. The molecule has 4 rings (SSSR count). The molecule has 0 saturated carbocycles. The molecule has 1 aromatic heterocycles. The third-order valence-electron chi connectivity index (χ3n) is 5.20. The number of carbonyl (C=O) groups excluding carboxylic acids is 1. The van der Waals surface area contributed by atoms with Gasteiger partial charge in [-0.05, 0) is 31.0 Å². The van der Waals surface area contributed by atoms with E-state index in [1.165, 1.54) is 16.8 Å². The van der Waals surface area contributed by atoms with Crippen molar-refractivity contribution in [2.75, 3.05) is 19.7 Å². The summed E-state index contributed by atoms with van der Waals surface area (Å²) in [5, 5.41) is 5.45. The van der Waals surface area contributed by atoms with Crippen molar-refractivity contribution < 1.29 is 13.9 Å². The van der Waals surface area contributed by atoms with E-state index in [9.17, 15) is 14.0 Å². The molecule has 0 unspecified atom stereocenters. The molecule has 0 bridgehead atoms. The van der Waals surface area contributed by atoms with Crippen molar-refractivity contribution in [3.63, 3.8) is 0 Å². The van der Waals surface area contributed by atoms with Gasteiger partial charge < -0.3 is 9.64 Å². The first-order valence-electron chi connectivity index (χ1n) is 9.71. The van der Waals surface area contributed by atoms with Gasteiger partial charge in [0.05, 0.1) is 18.2 Å². The van der Waals surface area contributed by atoms with Gasteiger partial charge in [-0.3, -0.25) is 9.59 Å². The summed E-state index contributed by atoms with van der Waals surface area (Å²) in [6.45, 7) is 1.54. The molecule has 1 fully saturated rings. The average Bonchev–Trinajstić information content (AvgIpc) is 2.75. The van der Waals surface area contributed by atoms with Crippen LogP contribution in [0.1, 0.15) is 12.8 Å². The van der Waals surface area contributed by atoms with Crippen LogP contribution >= 0.6 is 0 Å². The fourth-order valence-corrected chi connectivity index (χ4v) is 3.67. The monoisotopic (exact) mass is 395 g/mol. The van der Waals surface area contributed by atoms with Gasteiger partial charge in [0.15, 0.2) is 0 Å². The van der Waals surface area contributed by atoms with Crippen LogP contribution in [0.15, 0.2) is 59.5 Å². The second kappa shape index (κ2) is 8.43. The minimum atomic E-state index is -0.337. The quantitative estimate of drug-likeness (QED) is 0.666. The molecule has 0 radical (unpaired) electrons. The highest BCUT2D eigenvalue weighted by Gasteiger charge is 2.25. The number of likely N-dealkylation sites (tertiary alicyclic amines) is 1. The van der Waals surface area contributed by atoms with Gasteiger partial charge in [-0.25, -0.2) is 9.07 Å². The Kier molecular flexibility index (Phi) is 5.55.